The van der Waals surface area contributed by atoms with Crippen LogP contribution in [0.15, 0.2) is 29.2 Å². The number of nitrogens with zero attached hydrogens (tertiary/aromatic N) is 2. The topological polar surface area (TPSA) is 56.2 Å². The average Bonchev–Trinajstić information content (AvgIpc) is 3.20. The minimum atomic E-state index is -0.0997. The number of ether oxygens (including phenoxy) is 1. The molecule has 1 aromatic carbocycles. The zero-order valence-corrected chi connectivity index (χ0v) is 13.9. The van der Waals surface area contributed by atoms with Crippen LogP contribution < -0.4 is 5.32 Å². The second-order valence-corrected chi connectivity index (χ2v) is 6.95. The number of amides is 1. The first-order valence-corrected chi connectivity index (χ1v) is 8.90. The number of nitrogens with one attached hydrogen (secondary N) is 1. The molecule has 1 aromatic heterocycles. The smallest absolute Gasteiger partial charge is 0.272 e. The first-order valence-electron chi connectivity index (χ1n) is 7.92. The maximum absolute atomic E-state index is 12.5. The molecule has 2 aliphatic rings. The van der Waals surface area contributed by atoms with E-state index in [1.165, 1.54) is 4.90 Å². The lowest BCUT2D eigenvalue weighted by Gasteiger charge is -2.17. The summed E-state index contributed by atoms with van der Waals surface area (Å²) in [6.07, 6.45) is 2.24. The van der Waals surface area contributed by atoms with E-state index in [4.69, 9.17) is 4.74 Å². The van der Waals surface area contributed by atoms with E-state index < -0.39 is 0 Å². The zero-order chi connectivity index (χ0) is 15.8. The number of hydrogen-bond donors (Lipinski definition) is 1. The van der Waals surface area contributed by atoms with E-state index in [1.54, 1.807) is 11.8 Å². The molecule has 2 aromatic rings. The Bertz CT molecular complexity index is 750. The van der Waals surface area contributed by atoms with E-state index in [0.29, 0.717) is 12.2 Å². The van der Waals surface area contributed by atoms with Crippen molar-refractivity contribution in [1.29, 1.82) is 0 Å². The Morgan fingerprint density at radius 2 is 2.35 bits per heavy atom. The summed E-state index contributed by atoms with van der Waals surface area (Å²) in [4.78, 5) is 13.8. The van der Waals surface area contributed by atoms with Crippen LogP contribution in [0.5, 0.6) is 0 Å². The van der Waals surface area contributed by atoms with Gasteiger partial charge in [0.15, 0.2) is 5.69 Å². The standard InChI is InChI=1S/C17H19N3O2S/c1-20-16-12-6-2-3-7-14(12)23-10-13(16)15(19-20)17(21)18-9-11-5-4-8-22-11/h2-3,6-7,11H,4-5,8-10H2,1H3,(H,18,21)/t11-/m1/s1. The van der Waals surface area contributed by atoms with Gasteiger partial charge in [-0.3, -0.25) is 9.48 Å². The van der Waals surface area contributed by atoms with Crippen molar-refractivity contribution in [1.82, 2.24) is 15.1 Å². The number of carbonyl (C=O) groups is 1. The average molecular weight is 329 g/mol. The predicted octanol–water partition coefficient (Wildman–Crippen LogP) is 2.60. The van der Waals surface area contributed by atoms with Crippen molar-refractivity contribution in [2.24, 2.45) is 7.05 Å². The highest BCUT2D eigenvalue weighted by atomic mass is 32.2. The van der Waals surface area contributed by atoms with Crippen LogP contribution in [0.25, 0.3) is 11.3 Å². The number of fused-ring (bicyclic) bond motifs is 3. The number of thioether (sulfide) groups is 1. The van der Waals surface area contributed by atoms with Gasteiger partial charge in [0.25, 0.3) is 5.91 Å². The molecule has 1 saturated heterocycles. The lowest BCUT2D eigenvalue weighted by Crippen LogP contribution is -2.32. The Kier molecular flexibility index (Phi) is 3.87. The molecule has 1 atom stereocenters. The van der Waals surface area contributed by atoms with Gasteiger partial charge in [-0.15, -0.1) is 11.8 Å². The lowest BCUT2D eigenvalue weighted by molar-refractivity contribution is 0.0852. The minimum absolute atomic E-state index is 0.0997. The fourth-order valence-electron chi connectivity index (χ4n) is 3.26. The Morgan fingerprint density at radius 3 is 3.17 bits per heavy atom. The molecule has 0 bridgehead atoms. The van der Waals surface area contributed by atoms with Gasteiger partial charge >= 0.3 is 0 Å². The molecular weight excluding hydrogens is 310 g/mol. The summed E-state index contributed by atoms with van der Waals surface area (Å²) < 4.78 is 7.39. The Hall–Kier alpha value is -1.79. The molecule has 120 valence electrons. The van der Waals surface area contributed by atoms with Crippen LogP contribution in [0.2, 0.25) is 0 Å². The molecule has 1 amide bonds. The van der Waals surface area contributed by atoms with Crippen molar-refractivity contribution < 1.29 is 9.53 Å². The zero-order valence-electron chi connectivity index (χ0n) is 13.0. The molecular formula is C17H19N3O2S. The summed E-state index contributed by atoms with van der Waals surface area (Å²) in [5.74, 6) is 0.681. The molecule has 6 heteroatoms. The van der Waals surface area contributed by atoms with Gasteiger partial charge in [-0.05, 0) is 18.9 Å². The van der Waals surface area contributed by atoms with Gasteiger partial charge in [-0.1, -0.05) is 18.2 Å². The molecule has 0 spiro atoms. The summed E-state index contributed by atoms with van der Waals surface area (Å²) in [6, 6.07) is 8.28. The molecule has 23 heavy (non-hydrogen) atoms. The monoisotopic (exact) mass is 329 g/mol. The van der Waals surface area contributed by atoms with Crippen LogP contribution in [-0.2, 0) is 17.5 Å². The van der Waals surface area contributed by atoms with Crippen LogP contribution in [0, 0.1) is 0 Å². The quantitative estimate of drug-likeness (QED) is 0.940. The van der Waals surface area contributed by atoms with Crippen molar-refractivity contribution in [2.45, 2.75) is 29.6 Å². The molecule has 0 unspecified atom stereocenters. The Morgan fingerprint density at radius 1 is 1.48 bits per heavy atom. The number of carbonyl (C=O) groups excluding carboxylic acids is 1. The van der Waals surface area contributed by atoms with Gasteiger partial charge in [-0.2, -0.15) is 5.10 Å². The number of benzene rings is 1. The summed E-state index contributed by atoms with van der Waals surface area (Å²) in [5, 5.41) is 7.47. The molecule has 4 rings (SSSR count). The second kappa shape index (κ2) is 6.02. The Balaban J connectivity index is 1.60. The largest absolute Gasteiger partial charge is 0.376 e. The highest BCUT2D eigenvalue weighted by molar-refractivity contribution is 7.98. The molecule has 0 aliphatic carbocycles. The minimum Gasteiger partial charge on any atom is -0.376 e. The van der Waals surface area contributed by atoms with Gasteiger partial charge in [0.2, 0.25) is 0 Å². The molecule has 2 aliphatic heterocycles. The van der Waals surface area contributed by atoms with Gasteiger partial charge in [0.05, 0.1) is 11.8 Å². The van der Waals surface area contributed by atoms with Crippen molar-refractivity contribution in [3.63, 3.8) is 0 Å². The van der Waals surface area contributed by atoms with Gasteiger partial charge in [-0.25, -0.2) is 0 Å². The van der Waals surface area contributed by atoms with E-state index in [1.807, 2.05) is 23.9 Å². The SMILES string of the molecule is Cn1nc(C(=O)NC[C@H]2CCCO2)c2c1-c1ccccc1SC2. The summed E-state index contributed by atoms with van der Waals surface area (Å²) in [5.41, 5.74) is 3.79. The first kappa shape index (κ1) is 14.8. The molecule has 5 nitrogen and oxygen atoms in total. The Labute approximate surface area is 139 Å². The van der Waals surface area contributed by atoms with Crippen molar-refractivity contribution in [3.8, 4) is 11.3 Å². The fraction of sp³-hybridized carbons (Fsp3) is 0.412. The predicted molar refractivity (Wildman–Crippen MR) is 89.5 cm³/mol. The number of aromatic nitrogens is 2. The number of aryl methyl sites for hydroxylation is 1. The molecule has 3 heterocycles. The van der Waals surface area contributed by atoms with Crippen LogP contribution in [0.4, 0.5) is 0 Å². The van der Waals surface area contributed by atoms with Crippen LogP contribution >= 0.6 is 11.8 Å². The summed E-state index contributed by atoms with van der Waals surface area (Å²) in [6.45, 7) is 1.36. The first-order chi connectivity index (χ1) is 11.2. The number of hydrogen-bond acceptors (Lipinski definition) is 4. The van der Waals surface area contributed by atoms with E-state index >= 15 is 0 Å². The molecule has 0 radical (unpaired) electrons. The van der Waals surface area contributed by atoms with E-state index in [9.17, 15) is 4.79 Å². The maximum Gasteiger partial charge on any atom is 0.272 e. The molecule has 0 saturated carbocycles. The highest BCUT2D eigenvalue weighted by Gasteiger charge is 2.28. The van der Waals surface area contributed by atoms with Gasteiger partial charge in [0.1, 0.15) is 0 Å². The van der Waals surface area contributed by atoms with E-state index in [-0.39, 0.29) is 12.0 Å². The van der Waals surface area contributed by atoms with Crippen LogP contribution in [0.1, 0.15) is 28.9 Å². The van der Waals surface area contributed by atoms with E-state index in [0.717, 1.165) is 42.0 Å². The third-order valence-corrected chi connectivity index (χ3v) is 5.49. The highest BCUT2D eigenvalue weighted by Crippen LogP contribution is 2.42. The normalized spacial score (nSPS) is 19.3. The fourth-order valence-corrected chi connectivity index (χ4v) is 4.33. The van der Waals surface area contributed by atoms with Gasteiger partial charge < -0.3 is 10.1 Å². The van der Waals surface area contributed by atoms with Crippen molar-refractivity contribution in [2.75, 3.05) is 13.2 Å². The van der Waals surface area contributed by atoms with E-state index in [2.05, 4.69) is 22.5 Å². The number of rotatable bonds is 3. The van der Waals surface area contributed by atoms with Crippen molar-refractivity contribution in [3.05, 3.63) is 35.5 Å². The van der Waals surface area contributed by atoms with Crippen LogP contribution in [0.3, 0.4) is 0 Å². The van der Waals surface area contributed by atoms with Crippen molar-refractivity contribution >= 4 is 17.7 Å². The molecule has 1 fully saturated rings. The molecule has 1 N–H and O–H groups in total. The third kappa shape index (κ3) is 2.66. The second-order valence-electron chi connectivity index (χ2n) is 5.93. The maximum atomic E-state index is 12.5. The lowest BCUT2D eigenvalue weighted by atomic mass is 10.1. The van der Waals surface area contributed by atoms with Gasteiger partial charge in [0, 0.05) is 42.0 Å². The summed E-state index contributed by atoms with van der Waals surface area (Å²) >= 11 is 1.76. The third-order valence-electron chi connectivity index (χ3n) is 4.39. The van der Waals surface area contributed by atoms with Crippen LogP contribution in [-0.4, -0.2) is 34.9 Å². The summed E-state index contributed by atoms with van der Waals surface area (Å²) in [7, 11) is 1.91.